The van der Waals surface area contributed by atoms with Crippen molar-refractivity contribution in [2.45, 2.75) is 39.7 Å². The molecule has 0 radical (unpaired) electrons. The van der Waals surface area contributed by atoms with Gasteiger partial charge in [-0.3, -0.25) is 0 Å². The molecule has 1 N–H and O–H groups in total. The van der Waals surface area contributed by atoms with Crippen molar-refractivity contribution in [2.75, 3.05) is 18.5 Å². The van der Waals surface area contributed by atoms with Crippen LogP contribution in [0.25, 0.3) is 0 Å². The molecule has 3 aromatic rings. The molecule has 2 aromatic carbocycles. The van der Waals surface area contributed by atoms with Crippen molar-refractivity contribution in [3.05, 3.63) is 83.6 Å². The minimum Gasteiger partial charge on any atom is -0.490 e. The van der Waals surface area contributed by atoms with Gasteiger partial charge in [-0.1, -0.05) is 63.2 Å². The third-order valence-electron chi connectivity index (χ3n) is 4.70. The number of rotatable bonds is 8. The van der Waals surface area contributed by atoms with Gasteiger partial charge in [-0.15, -0.1) is 0 Å². The predicted molar refractivity (Wildman–Crippen MR) is 119 cm³/mol. The fourth-order valence-electron chi connectivity index (χ4n) is 3.17. The summed E-state index contributed by atoms with van der Waals surface area (Å²) in [4.78, 5) is 4.30. The van der Waals surface area contributed by atoms with E-state index in [0.29, 0.717) is 19.8 Å². The number of aromatic nitrogens is 1. The molecule has 0 spiro atoms. The van der Waals surface area contributed by atoms with Gasteiger partial charge in [0.1, 0.15) is 30.5 Å². The van der Waals surface area contributed by atoms with E-state index >= 15 is 0 Å². The Balaban J connectivity index is 1.58. The van der Waals surface area contributed by atoms with E-state index in [1.54, 1.807) is 6.20 Å². The molecule has 0 aliphatic rings. The second-order valence-electron chi connectivity index (χ2n) is 8.07. The van der Waals surface area contributed by atoms with E-state index in [9.17, 15) is 0 Å². The van der Waals surface area contributed by atoms with Gasteiger partial charge in [0.05, 0.1) is 0 Å². The lowest BCUT2D eigenvalue weighted by Gasteiger charge is -2.24. The van der Waals surface area contributed by atoms with Crippen molar-refractivity contribution in [3.63, 3.8) is 0 Å². The van der Waals surface area contributed by atoms with Gasteiger partial charge in [-0.05, 0) is 41.7 Å². The number of benzene rings is 2. The molecule has 1 heterocycles. The fraction of sp³-hybridized carbons (Fsp3) is 0.320. The highest BCUT2D eigenvalue weighted by Gasteiger charge is 2.20. The molecule has 0 atom stereocenters. The number of aryl methyl sites for hydroxylation is 1. The van der Waals surface area contributed by atoms with E-state index in [1.807, 2.05) is 36.4 Å². The summed E-state index contributed by atoms with van der Waals surface area (Å²) in [7, 11) is 0. The Bertz CT molecular complexity index is 918. The van der Waals surface area contributed by atoms with Crippen LogP contribution in [0.15, 0.2) is 66.9 Å². The Morgan fingerprint density at radius 1 is 0.862 bits per heavy atom. The first-order valence-corrected chi connectivity index (χ1v) is 10.0. The zero-order chi connectivity index (χ0) is 20.7. The van der Waals surface area contributed by atoms with Crippen molar-refractivity contribution < 1.29 is 9.47 Å². The van der Waals surface area contributed by atoms with Gasteiger partial charge in [0.2, 0.25) is 0 Å². The maximum atomic E-state index is 6.13. The normalized spacial score (nSPS) is 11.2. The summed E-state index contributed by atoms with van der Waals surface area (Å²) in [6.07, 6.45) is 1.78. The largest absolute Gasteiger partial charge is 0.490 e. The van der Waals surface area contributed by atoms with Crippen LogP contribution in [0.2, 0.25) is 0 Å². The van der Waals surface area contributed by atoms with Crippen LogP contribution in [-0.2, 0) is 12.0 Å². The lowest BCUT2D eigenvalue weighted by Crippen LogP contribution is -2.17. The van der Waals surface area contributed by atoms with Crippen LogP contribution in [0.3, 0.4) is 0 Å². The number of ether oxygens (including phenoxy) is 2. The maximum absolute atomic E-state index is 6.13. The number of para-hydroxylation sites is 2. The minimum absolute atomic E-state index is 0.0337. The van der Waals surface area contributed by atoms with Gasteiger partial charge in [0, 0.05) is 18.3 Å². The van der Waals surface area contributed by atoms with E-state index in [4.69, 9.17) is 9.47 Å². The van der Waals surface area contributed by atoms with E-state index in [2.05, 4.69) is 62.3 Å². The molecule has 0 bridgehead atoms. The SMILES string of the molecule is Cc1cccc(C(C)(C)C)c1OCCOc1ccccc1CNc1ccccn1. The molecule has 0 amide bonds. The van der Waals surface area contributed by atoms with Gasteiger partial charge >= 0.3 is 0 Å². The highest BCUT2D eigenvalue weighted by Crippen LogP contribution is 2.33. The van der Waals surface area contributed by atoms with Crippen molar-refractivity contribution >= 4 is 5.82 Å². The van der Waals surface area contributed by atoms with Gasteiger partial charge < -0.3 is 14.8 Å². The Morgan fingerprint density at radius 3 is 2.38 bits per heavy atom. The third kappa shape index (κ3) is 5.74. The summed E-state index contributed by atoms with van der Waals surface area (Å²) in [5, 5.41) is 3.33. The number of hydrogen-bond acceptors (Lipinski definition) is 4. The van der Waals surface area contributed by atoms with Crippen LogP contribution in [0, 0.1) is 6.92 Å². The average molecular weight is 391 g/mol. The number of anilines is 1. The molecule has 3 rings (SSSR count). The zero-order valence-electron chi connectivity index (χ0n) is 17.7. The third-order valence-corrected chi connectivity index (χ3v) is 4.70. The average Bonchev–Trinajstić information content (AvgIpc) is 2.71. The molecule has 4 nitrogen and oxygen atoms in total. The molecular weight excluding hydrogens is 360 g/mol. The van der Waals surface area contributed by atoms with Crippen LogP contribution >= 0.6 is 0 Å². The quantitative estimate of drug-likeness (QED) is 0.497. The molecule has 0 unspecified atom stereocenters. The monoisotopic (exact) mass is 390 g/mol. The maximum Gasteiger partial charge on any atom is 0.126 e. The molecule has 152 valence electrons. The first-order chi connectivity index (χ1) is 13.9. The summed E-state index contributed by atoms with van der Waals surface area (Å²) in [5.41, 5.74) is 3.49. The Labute approximate surface area is 173 Å². The molecule has 29 heavy (non-hydrogen) atoms. The molecular formula is C25H30N2O2. The van der Waals surface area contributed by atoms with Crippen LogP contribution in [0.5, 0.6) is 11.5 Å². The Kier molecular flexibility index (Phi) is 6.76. The predicted octanol–water partition coefficient (Wildman–Crippen LogP) is 5.76. The Morgan fingerprint density at radius 2 is 1.62 bits per heavy atom. The number of pyridine rings is 1. The van der Waals surface area contributed by atoms with Crippen LogP contribution < -0.4 is 14.8 Å². The zero-order valence-corrected chi connectivity index (χ0v) is 17.7. The molecule has 0 saturated heterocycles. The lowest BCUT2D eigenvalue weighted by atomic mass is 9.85. The fourth-order valence-corrected chi connectivity index (χ4v) is 3.17. The van der Waals surface area contributed by atoms with Crippen molar-refractivity contribution in [3.8, 4) is 11.5 Å². The first kappa shape index (κ1) is 20.7. The first-order valence-electron chi connectivity index (χ1n) is 10.0. The van der Waals surface area contributed by atoms with E-state index in [0.717, 1.165) is 28.4 Å². The lowest BCUT2D eigenvalue weighted by molar-refractivity contribution is 0.212. The van der Waals surface area contributed by atoms with Gasteiger partial charge in [-0.2, -0.15) is 0 Å². The van der Waals surface area contributed by atoms with Crippen LogP contribution in [-0.4, -0.2) is 18.2 Å². The van der Waals surface area contributed by atoms with E-state index in [-0.39, 0.29) is 5.41 Å². The molecule has 0 aliphatic heterocycles. The summed E-state index contributed by atoms with van der Waals surface area (Å²) in [5.74, 6) is 2.67. The van der Waals surface area contributed by atoms with Crippen molar-refractivity contribution in [1.29, 1.82) is 0 Å². The second kappa shape index (κ2) is 9.46. The van der Waals surface area contributed by atoms with Crippen LogP contribution in [0.1, 0.15) is 37.5 Å². The molecule has 4 heteroatoms. The number of hydrogen-bond donors (Lipinski definition) is 1. The second-order valence-corrected chi connectivity index (χ2v) is 8.07. The van der Waals surface area contributed by atoms with Gasteiger partial charge in [0.15, 0.2) is 0 Å². The van der Waals surface area contributed by atoms with Crippen molar-refractivity contribution in [2.24, 2.45) is 0 Å². The molecule has 0 saturated carbocycles. The number of nitrogens with zero attached hydrogens (tertiary/aromatic N) is 1. The van der Waals surface area contributed by atoms with Crippen molar-refractivity contribution in [1.82, 2.24) is 4.98 Å². The van der Waals surface area contributed by atoms with Gasteiger partial charge in [0.25, 0.3) is 0 Å². The van der Waals surface area contributed by atoms with E-state index < -0.39 is 0 Å². The molecule has 1 aromatic heterocycles. The summed E-state index contributed by atoms with van der Waals surface area (Å²) in [6.45, 7) is 10.3. The molecule has 0 aliphatic carbocycles. The van der Waals surface area contributed by atoms with Crippen LogP contribution in [0.4, 0.5) is 5.82 Å². The highest BCUT2D eigenvalue weighted by atomic mass is 16.5. The Hall–Kier alpha value is -3.01. The smallest absolute Gasteiger partial charge is 0.126 e. The summed E-state index contributed by atoms with van der Waals surface area (Å²) < 4.78 is 12.2. The standard InChI is InChI=1S/C25H30N2O2/c1-19-10-9-12-21(25(2,3)4)24(19)29-17-16-28-22-13-6-5-11-20(22)18-27-23-14-7-8-15-26-23/h5-15H,16-18H2,1-4H3,(H,26,27). The molecule has 0 fully saturated rings. The van der Waals surface area contributed by atoms with E-state index in [1.165, 1.54) is 5.56 Å². The summed E-state index contributed by atoms with van der Waals surface area (Å²) >= 11 is 0. The summed E-state index contributed by atoms with van der Waals surface area (Å²) in [6, 6.07) is 20.2. The minimum atomic E-state index is 0.0337. The van der Waals surface area contributed by atoms with Gasteiger partial charge in [-0.25, -0.2) is 4.98 Å². The highest BCUT2D eigenvalue weighted by molar-refractivity contribution is 5.44. The topological polar surface area (TPSA) is 43.4 Å². The number of nitrogens with one attached hydrogen (secondary N) is 1.